The molecular formula is C26H22BrNO3. The number of benzene rings is 4. The molecule has 0 saturated heterocycles. The van der Waals surface area contributed by atoms with Crippen LogP contribution in [0.4, 0.5) is 5.69 Å². The van der Waals surface area contributed by atoms with Gasteiger partial charge in [0.1, 0.15) is 0 Å². The second kappa shape index (κ2) is 9.33. The van der Waals surface area contributed by atoms with Gasteiger partial charge in [-0.1, -0.05) is 60.7 Å². The van der Waals surface area contributed by atoms with Gasteiger partial charge in [-0.05, 0) is 57.9 Å². The number of ether oxygens (including phenoxy) is 2. The summed E-state index contributed by atoms with van der Waals surface area (Å²) in [5, 5.41) is 12.2. The smallest absolute Gasteiger partial charge is 0.196 e. The number of nitrogens with zero attached hydrogens (tertiary/aromatic N) is 1. The molecule has 31 heavy (non-hydrogen) atoms. The van der Waals surface area contributed by atoms with Gasteiger partial charge in [-0.25, -0.2) is 4.99 Å². The Morgan fingerprint density at radius 2 is 1.45 bits per heavy atom. The number of phenolic OH excluding ortho intramolecular Hbond substituents is 1. The molecule has 1 unspecified atom stereocenters. The van der Waals surface area contributed by atoms with Crippen molar-refractivity contribution in [3.8, 4) is 11.5 Å². The predicted octanol–water partition coefficient (Wildman–Crippen LogP) is 6.85. The molecule has 0 radical (unpaired) electrons. The molecule has 0 aliphatic rings. The van der Waals surface area contributed by atoms with E-state index in [-0.39, 0.29) is 5.75 Å². The van der Waals surface area contributed by atoms with Crippen molar-refractivity contribution >= 4 is 38.1 Å². The second-order valence-electron chi connectivity index (χ2n) is 7.08. The average molecular weight is 476 g/mol. The molecule has 0 heterocycles. The van der Waals surface area contributed by atoms with Crippen molar-refractivity contribution in [2.24, 2.45) is 4.99 Å². The van der Waals surface area contributed by atoms with E-state index in [0.717, 1.165) is 37.8 Å². The highest BCUT2D eigenvalue weighted by atomic mass is 79.9. The number of aromatic hydroxyl groups is 1. The van der Waals surface area contributed by atoms with E-state index >= 15 is 0 Å². The molecule has 0 saturated carbocycles. The molecule has 0 fully saturated rings. The van der Waals surface area contributed by atoms with Gasteiger partial charge < -0.3 is 14.6 Å². The zero-order valence-electron chi connectivity index (χ0n) is 17.2. The largest absolute Gasteiger partial charge is 0.504 e. The van der Waals surface area contributed by atoms with Gasteiger partial charge in [-0.2, -0.15) is 0 Å². The highest BCUT2D eigenvalue weighted by Gasteiger charge is 2.13. The van der Waals surface area contributed by atoms with E-state index in [1.165, 1.54) is 0 Å². The Kier molecular flexibility index (Phi) is 6.35. The fourth-order valence-electron chi connectivity index (χ4n) is 3.29. The Hall–Kier alpha value is -3.15. The highest BCUT2D eigenvalue weighted by Crippen LogP contribution is 2.37. The predicted molar refractivity (Wildman–Crippen MR) is 129 cm³/mol. The van der Waals surface area contributed by atoms with E-state index < -0.39 is 6.29 Å². The molecule has 1 atom stereocenters. The van der Waals surface area contributed by atoms with E-state index in [4.69, 9.17) is 14.5 Å². The summed E-state index contributed by atoms with van der Waals surface area (Å²) in [5.74, 6) is 0.430. The van der Waals surface area contributed by atoms with Gasteiger partial charge in [-0.3, -0.25) is 0 Å². The SMILES string of the molecule is COC(C)Oc1cc2cc(Br)c(N=C(c3ccccc3)c3ccccc3)cc2cc1O. The number of halogens is 1. The molecule has 4 aromatic carbocycles. The van der Waals surface area contributed by atoms with Crippen LogP contribution < -0.4 is 4.74 Å². The van der Waals surface area contributed by atoms with Crippen LogP contribution in [0.2, 0.25) is 0 Å². The van der Waals surface area contributed by atoms with Crippen molar-refractivity contribution in [2.75, 3.05) is 7.11 Å². The van der Waals surface area contributed by atoms with Crippen LogP contribution in [0.5, 0.6) is 11.5 Å². The van der Waals surface area contributed by atoms with Gasteiger partial charge in [0, 0.05) is 22.7 Å². The number of methoxy groups -OCH3 is 1. The number of rotatable bonds is 6. The molecular weight excluding hydrogens is 454 g/mol. The maximum atomic E-state index is 10.4. The number of fused-ring (bicyclic) bond motifs is 1. The Bertz CT molecular complexity index is 1180. The molecule has 5 heteroatoms. The maximum Gasteiger partial charge on any atom is 0.196 e. The van der Waals surface area contributed by atoms with Gasteiger partial charge in [0.2, 0.25) is 0 Å². The third-order valence-corrected chi connectivity index (χ3v) is 5.57. The van der Waals surface area contributed by atoms with Crippen LogP contribution in [0, 0.1) is 0 Å². The zero-order valence-corrected chi connectivity index (χ0v) is 18.8. The van der Waals surface area contributed by atoms with E-state index in [9.17, 15) is 5.11 Å². The van der Waals surface area contributed by atoms with Gasteiger partial charge in [0.25, 0.3) is 0 Å². The molecule has 0 aromatic heterocycles. The summed E-state index contributed by atoms with van der Waals surface area (Å²) in [4.78, 5) is 5.00. The highest BCUT2D eigenvalue weighted by molar-refractivity contribution is 9.10. The van der Waals surface area contributed by atoms with E-state index in [1.807, 2.05) is 72.8 Å². The summed E-state index contributed by atoms with van der Waals surface area (Å²) < 4.78 is 11.6. The molecule has 4 nitrogen and oxygen atoms in total. The van der Waals surface area contributed by atoms with Crippen molar-refractivity contribution in [2.45, 2.75) is 13.2 Å². The van der Waals surface area contributed by atoms with Crippen molar-refractivity contribution in [1.29, 1.82) is 0 Å². The van der Waals surface area contributed by atoms with Crippen LogP contribution in [0.15, 0.2) is 94.4 Å². The fourth-order valence-corrected chi connectivity index (χ4v) is 3.74. The first-order valence-electron chi connectivity index (χ1n) is 9.90. The lowest BCUT2D eigenvalue weighted by Crippen LogP contribution is -2.13. The molecule has 4 aromatic rings. The Balaban J connectivity index is 1.83. The summed E-state index contributed by atoms with van der Waals surface area (Å²) in [6.45, 7) is 1.77. The lowest BCUT2D eigenvalue weighted by Gasteiger charge is -2.15. The first kappa shape index (κ1) is 21.1. The molecule has 0 amide bonds. The lowest BCUT2D eigenvalue weighted by molar-refractivity contribution is -0.0394. The number of hydrogen-bond donors (Lipinski definition) is 1. The molecule has 0 spiro atoms. The number of aliphatic imine (C=N–C) groups is 1. The van der Waals surface area contributed by atoms with E-state index in [1.54, 1.807) is 26.2 Å². The van der Waals surface area contributed by atoms with Crippen molar-refractivity contribution in [1.82, 2.24) is 0 Å². The Morgan fingerprint density at radius 3 is 2.03 bits per heavy atom. The lowest BCUT2D eigenvalue weighted by atomic mass is 10.0. The summed E-state index contributed by atoms with van der Waals surface area (Å²) in [6, 6.07) is 27.6. The van der Waals surface area contributed by atoms with E-state index in [0.29, 0.717) is 5.75 Å². The minimum Gasteiger partial charge on any atom is -0.504 e. The standard InChI is InChI=1S/C26H22BrNO3/c1-17(30-2)31-25-16-20-13-22(27)23(14-21(20)15-24(25)29)28-26(18-9-5-3-6-10-18)19-11-7-4-8-12-19/h3-17,29H,1-2H3. The van der Waals surface area contributed by atoms with Gasteiger partial charge in [-0.15, -0.1) is 0 Å². The number of phenols is 1. The first-order valence-corrected chi connectivity index (χ1v) is 10.7. The zero-order chi connectivity index (χ0) is 21.8. The van der Waals surface area contributed by atoms with Gasteiger partial charge in [0.05, 0.1) is 11.4 Å². The fraction of sp³-hybridized carbons (Fsp3) is 0.115. The van der Waals surface area contributed by atoms with Crippen LogP contribution in [0.3, 0.4) is 0 Å². The topological polar surface area (TPSA) is 51.0 Å². The summed E-state index contributed by atoms with van der Waals surface area (Å²) in [6.07, 6.45) is -0.463. The molecule has 0 aliphatic heterocycles. The average Bonchev–Trinajstić information content (AvgIpc) is 2.79. The summed E-state index contributed by atoms with van der Waals surface area (Å²) >= 11 is 3.66. The van der Waals surface area contributed by atoms with Crippen LogP contribution in [-0.4, -0.2) is 24.2 Å². The maximum absolute atomic E-state index is 10.4. The number of hydrogen-bond acceptors (Lipinski definition) is 4. The van der Waals surface area contributed by atoms with Crippen LogP contribution in [0.1, 0.15) is 18.1 Å². The summed E-state index contributed by atoms with van der Waals surface area (Å²) in [7, 11) is 1.56. The molecule has 0 bridgehead atoms. The minimum absolute atomic E-state index is 0.0556. The normalized spacial score (nSPS) is 11.8. The van der Waals surface area contributed by atoms with Crippen molar-refractivity contribution in [3.63, 3.8) is 0 Å². The molecule has 4 rings (SSSR count). The Labute approximate surface area is 189 Å². The van der Waals surface area contributed by atoms with Crippen molar-refractivity contribution in [3.05, 3.63) is 101 Å². The van der Waals surface area contributed by atoms with Crippen LogP contribution in [0.25, 0.3) is 10.8 Å². The van der Waals surface area contributed by atoms with Crippen LogP contribution >= 0.6 is 15.9 Å². The third kappa shape index (κ3) is 4.79. The Morgan fingerprint density at radius 1 is 0.871 bits per heavy atom. The van der Waals surface area contributed by atoms with Crippen molar-refractivity contribution < 1.29 is 14.6 Å². The monoisotopic (exact) mass is 475 g/mol. The quantitative estimate of drug-likeness (QED) is 0.245. The summed E-state index contributed by atoms with van der Waals surface area (Å²) in [5.41, 5.74) is 3.70. The third-order valence-electron chi connectivity index (χ3n) is 4.94. The second-order valence-corrected chi connectivity index (χ2v) is 7.94. The van der Waals surface area contributed by atoms with Gasteiger partial charge >= 0.3 is 0 Å². The van der Waals surface area contributed by atoms with Crippen LogP contribution in [-0.2, 0) is 4.74 Å². The molecule has 1 N–H and O–H groups in total. The first-order chi connectivity index (χ1) is 15.0. The minimum atomic E-state index is -0.463. The molecule has 156 valence electrons. The van der Waals surface area contributed by atoms with E-state index in [2.05, 4.69) is 15.9 Å². The molecule has 0 aliphatic carbocycles. The van der Waals surface area contributed by atoms with Gasteiger partial charge in [0.15, 0.2) is 17.8 Å².